The minimum Gasteiger partial charge on any atom is -0.310 e. The second-order valence-electron chi connectivity index (χ2n) is 6.46. The van der Waals surface area contributed by atoms with E-state index < -0.39 is 0 Å². The maximum atomic E-state index is 3.83. The molecule has 0 aliphatic heterocycles. The number of hydrogen-bond acceptors (Lipinski definition) is 1. The maximum Gasteiger partial charge on any atom is 0.0210 e. The summed E-state index contributed by atoms with van der Waals surface area (Å²) in [7, 11) is 0. The van der Waals surface area contributed by atoms with Crippen LogP contribution in [0, 0.1) is 11.8 Å². The van der Waals surface area contributed by atoms with E-state index in [1.165, 1.54) is 49.7 Å². The number of benzene rings is 1. The van der Waals surface area contributed by atoms with Gasteiger partial charge in [-0.1, -0.05) is 44.0 Å². The van der Waals surface area contributed by atoms with Crippen molar-refractivity contribution in [3.63, 3.8) is 0 Å². The first-order valence-electron chi connectivity index (χ1n) is 8.17. The number of aryl methyl sites for hydroxylation is 1. The van der Waals surface area contributed by atoms with Gasteiger partial charge in [0.1, 0.15) is 0 Å². The van der Waals surface area contributed by atoms with Crippen LogP contribution in [0.2, 0.25) is 0 Å². The Morgan fingerprint density at radius 3 is 2.53 bits per heavy atom. The average molecular weight is 257 g/mol. The first kappa shape index (κ1) is 13.2. The molecule has 19 heavy (non-hydrogen) atoms. The van der Waals surface area contributed by atoms with Gasteiger partial charge in [0.15, 0.2) is 0 Å². The van der Waals surface area contributed by atoms with E-state index in [9.17, 15) is 0 Å². The summed E-state index contributed by atoms with van der Waals surface area (Å²) in [5.74, 6) is 2.13. The third-order valence-corrected chi connectivity index (χ3v) is 5.08. The van der Waals surface area contributed by atoms with E-state index in [0.29, 0.717) is 0 Å². The molecule has 104 valence electrons. The molecule has 2 unspecified atom stereocenters. The van der Waals surface area contributed by atoms with Crippen LogP contribution in [0.5, 0.6) is 0 Å². The van der Waals surface area contributed by atoms with Crippen LogP contribution < -0.4 is 5.32 Å². The van der Waals surface area contributed by atoms with E-state index in [2.05, 4.69) is 36.5 Å². The Bertz CT molecular complexity index is 408. The molecule has 0 saturated heterocycles. The molecule has 1 aromatic carbocycles. The highest BCUT2D eigenvalue weighted by molar-refractivity contribution is 5.26. The van der Waals surface area contributed by atoms with E-state index >= 15 is 0 Å². The van der Waals surface area contributed by atoms with Crippen molar-refractivity contribution in [2.45, 2.75) is 64.5 Å². The minimum absolute atomic E-state index is 0.768. The molecule has 2 fully saturated rings. The highest BCUT2D eigenvalue weighted by atomic mass is 14.9. The Hall–Kier alpha value is -0.820. The molecule has 1 heteroatoms. The van der Waals surface area contributed by atoms with Crippen LogP contribution in [0.25, 0.3) is 0 Å². The van der Waals surface area contributed by atoms with Gasteiger partial charge < -0.3 is 5.32 Å². The van der Waals surface area contributed by atoms with E-state index in [4.69, 9.17) is 0 Å². The number of rotatable bonds is 5. The molecule has 0 heterocycles. The first-order valence-corrected chi connectivity index (χ1v) is 8.17. The van der Waals surface area contributed by atoms with E-state index in [-0.39, 0.29) is 0 Å². The van der Waals surface area contributed by atoms with Crippen LogP contribution in [0.15, 0.2) is 24.3 Å². The largest absolute Gasteiger partial charge is 0.310 e. The van der Waals surface area contributed by atoms with E-state index in [1.807, 2.05) is 0 Å². The molecule has 0 aromatic heterocycles. The second-order valence-corrected chi connectivity index (χ2v) is 6.46. The molecule has 2 atom stereocenters. The molecule has 2 saturated carbocycles. The van der Waals surface area contributed by atoms with Gasteiger partial charge in [0.05, 0.1) is 0 Å². The molecular formula is C18H27N. The number of nitrogens with one attached hydrogen (secondary N) is 1. The van der Waals surface area contributed by atoms with E-state index in [1.54, 1.807) is 0 Å². The van der Waals surface area contributed by atoms with Crippen molar-refractivity contribution in [3.8, 4) is 0 Å². The summed E-state index contributed by atoms with van der Waals surface area (Å²) in [5, 5.41) is 3.83. The van der Waals surface area contributed by atoms with Crippen LogP contribution in [0.3, 0.4) is 0 Å². The van der Waals surface area contributed by atoms with Gasteiger partial charge in [-0.25, -0.2) is 0 Å². The van der Waals surface area contributed by atoms with Gasteiger partial charge in [0, 0.05) is 12.6 Å². The summed E-state index contributed by atoms with van der Waals surface area (Å²) >= 11 is 0. The fourth-order valence-corrected chi connectivity index (χ4v) is 3.74. The van der Waals surface area contributed by atoms with Gasteiger partial charge in [-0.05, 0) is 55.1 Å². The molecule has 0 amide bonds. The summed E-state index contributed by atoms with van der Waals surface area (Å²) in [5.41, 5.74) is 3.00. The van der Waals surface area contributed by atoms with Crippen LogP contribution in [-0.2, 0) is 13.0 Å². The van der Waals surface area contributed by atoms with Gasteiger partial charge in [-0.2, -0.15) is 0 Å². The molecule has 1 N–H and O–H groups in total. The smallest absolute Gasteiger partial charge is 0.0210 e. The zero-order valence-corrected chi connectivity index (χ0v) is 12.2. The van der Waals surface area contributed by atoms with Crippen molar-refractivity contribution in [1.82, 2.24) is 5.32 Å². The van der Waals surface area contributed by atoms with Crippen molar-refractivity contribution >= 4 is 0 Å². The Morgan fingerprint density at radius 2 is 1.79 bits per heavy atom. The molecule has 3 rings (SSSR count). The fourth-order valence-electron chi connectivity index (χ4n) is 3.74. The molecule has 1 nitrogen and oxygen atoms in total. The normalized spacial score (nSPS) is 27.4. The summed E-state index contributed by atoms with van der Waals surface area (Å²) < 4.78 is 0. The maximum absolute atomic E-state index is 3.83. The molecule has 0 bridgehead atoms. The second kappa shape index (κ2) is 6.09. The minimum atomic E-state index is 0.768. The topological polar surface area (TPSA) is 12.0 Å². The Morgan fingerprint density at radius 1 is 1.00 bits per heavy atom. The zero-order chi connectivity index (χ0) is 13.1. The van der Waals surface area contributed by atoms with Crippen LogP contribution in [0.4, 0.5) is 0 Å². The molecular weight excluding hydrogens is 230 g/mol. The van der Waals surface area contributed by atoms with Crippen molar-refractivity contribution in [3.05, 3.63) is 35.4 Å². The lowest BCUT2D eigenvalue weighted by molar-refractivity contribution is 0.260. The quantitative estimate of drug-likeness (QED) is 0.829. The summed E-state index contributed by atoms with van der Waals surface area (Å²) in [6, 6.07) is 9.65. The monoisotopic (exact) mass is 257 g/mol. The third kappa shape index (κ3) is 3.39. The van der Waals surface area contributed by atoms with Crippen LogP contribution in [0.1, 0.15) is 56.6 Å². The SMILES string of the molecule is CCc1ccccc1CNC1CCCC(C2CC2)C1. The molecule has 0 radical (unpaired) electrons. The highest BCUT2D eigenvalue weighted by Gasteiger charge is 2.34. The van der Waals surface area contributed by atoms with E-state index in [0.717, 1.165) is 30.8 Å². The predicted octanol–water partition coefficient (Wildman–Crippen LogP) is 4.31. The van der Waals surface area contributed by atoms with Crippen molar-refractivity contribution in [2.24, 2.45) is 11.8 Å². The third-order valence-electron chi connectivity index (χ3n) is 5.08. The summed E-state index contributed by atoms with van der Waals surface area (Å²) in [6.45, 7) is 3.31. The van der Waals surface area contributed by atoms with Gasteiger partial charge >= 0.3 is 0 Å². The Kier molecular flexibility index (Phi) is 4.22. The Balaban J connectivity index is 1.53. The van der Waals surface area contributed by atoms with Crippen molar-refractivity contribution in [1.29, 1.82) is 0 Å². The van der Waals surface area contributed by atoms with Crippen molar-refractivity contribution < 1.29 is 0 Å². The fraction of sp³-hybridized carbons (Fsp3) is 0.667. The zero-order valence-electron chi connectivity index (χ0n) is 12.2. The van der Waals surface area contributed by atoms with Gasteiger partial charge in [0.2, 0.25) is 0 Å². The lowest BCUT2D eigenvalue weighted by Gasteiger charge is -2.30. The lowest BCUT2D eigenvalue weighted by atomic mass is 9.82. The molecule has 0 spiro atoms. The van der Waals surface area contributed by atoms with Crippen molar-refractivity contribution in [2.75, 3.05) is 0 Å². The number of hydrogen-bond donors (Lipinski definition) is 1. The molecule has 2 aliphatic rings. The van der Waals surface area contributed by atoms with Gasteiger partial charge in [-0.15, -0.1) is 0 Å². The van der Waals surface area contributed by atoms with Gasteiger partial charge in [-0.3, -0.25) is 0 Å². The summed E-state index contributed by atoms with van der Waals surface area (Å²) in [6.07, 6.45) is 9.92. The first-order chi connectivity index (χ1) is 9.36. The van der Waals surface area contributed by atoms with Crippen LogP contribution >= 0.6 is 0 Å². The standard InChI is InChI=1S/C18H27N/c1-2-14-6-3-4-7-17(14)13-19-18-9-5-8-16(12-18)15-10-11-15/h3-4,6-7,15-16,18-19H,2,5,8-13H2,1H3. The Labute approximate surface area is 117 Å². The van der Waals surface area contributed by atoms with Crippen LogP contribution in [-0.4, -0.2) is 6.04 Å². The molecule has 1 aromatic rings. The molecule has 2 aliphatic carbocycles. The average Bonchev–Trinajstić information content (AvgIpc) is 3.30. The predicted molar refractivity (Wildman–Crippen MR) is 81.1 cm³/mol. The summed E-state index contributed by atoms with van der Waals surface area (Å²) in [4.78, 5) is 0. The lowest BCUT2D eigenvalue weighted by Crippen LogP contribution is -2.34. The highest BCUT2D eigenvalue weighted by Crippen LogP contribution is 2.43. The van der Waals surface area contributed by atoms with Gasteiger partial charge in [0.25, 0.3) is 0 Å².